The van der Waals surface area contributed by atoms with Gasteiger partial charge in [-0.15, -0.1) is 0 Å². The van der Waals surface area contributed by atoms with Gasteiger partial charge in [0.15, 0.2) is 0 Å². The lowest BCUT2D eigenvalue weighted by atomic mass is 10.0. The average Bonchev–Trinajstić information content (AvgIpc) is 3.39. The van der Waals surface area contributed by atoms with Crippen molar-refractivity contribution in [3.8, 4) is 0 Å². The van der Waals surface area contributed by atoms with Crippen molar-refractivity contribution in [3.63, 3.8) is 0 Å². The number of hydrogen-bond acceptors (Lipinski definition) is 5. The molecule has 3 N–H and O–H groups in total. The van der Waals surface area contributed by atoms with Crippen molar-refractivity contribution in [2.75, 3.05) is 13.2 Å². The van der Waals surface area contributed by atoms with Crippen molar-refractivity contribution in [2.24, 2.45) is 0 Å². The standard InChI is InChI=1S/C67H131NO5/c1-3-5-7-9-11-13-15-17-19-33-37-41-45-49-53-57-61-67(72)73-62-58-54-50-46-42-38-34-31-29-27-25-23-21-20-22-24-26-28-30-32-36-40-44-48-52-56-60-66(71)68-64(63-69)65(70)59-55-51-47-43-39-35-18-16-14-12-10-8-6-4-2/h55,59,64-65,69-70H,3-54,56-58,60-63H2,1-2H3,(H,68,71)/b59-55+. The van der Waals surface area contributed by atoms with E-state index in [2.05, 4.69) is 19.2 Å². The lowest BCUT2D eigenvalue weighted by Crippen LogP contribution is -2.45. The number of amides is 1. The zero-order valence-electron chi connectivity index (χ0n) is 49.6. The van der Waals surface area contributed by atoms with Crippen LogP contribution in [-0.4, -0.2) is 47.4 Å². The SMILES string of the molecule is CCCCCCCCCCCCCC/C=C/C(O)C(CO)NC(=O)CCCCCCCCCCCCCCCCCCCCCCCCCCCCOC(=O)CCCCCCCCCCCCCCCCCC. The molecule has 0 saturated carbocycles. The van der Waals surface area contributed by atoms with Crippen LogP contribution in [0.15, 0.2) is 12.2 Å². The van der Waals surface area contributed by atoms with E-state index in [1.165, 1.54) is 315 Å². The van der Waals surface area contributed by atoms with Crippen LogP contribution < -0.4 is 5.32 Å². The van der Waals surface area contributed by atoms with Crippen LogP contribution >= 0.6 is 0 Å². The van der Waals surface area contributed by atoms with Gasteiger partial charge in [0.2, 0.25) is 5.91 Å². The largest absolute Gasteiger partial charge is 0.466 e. The lowest BCUT2D eigenvalue weighted by Gasteiger charge is -2.20. The summed E-state index contributed by atoms with van der Waals surface area (Å²) in [5.74, 6) is -0.0424. The fourth-order valence-electron chi connectivity index (χ4n) is 10.7. The van der Waals surface area contributed by atoms with Gasteiger partial charge in [-0.1, -0.05) is 347 Å². The molecule has 0 aliphatic heterocycles. The van der Waals surface area contributed by atoms with Crippen LogP contribution in [0.3, 0.4) is 0 Å². The minimum atomic E-state index is -0.841. The van der Waals surface area contributed by atoms with Gasteiger partial charge in [-0.3, -0.25) is 9.59 Å². The van der Waals surface area contributed by atoms with Gasteiger partial charge >= 0.3 is 5.97 Å². The highest BCUT2D eigenvalue weighted by Crippen LogP contribution is 2.19. The number of unbranched alkanes of at least 4 members (excludes halogenated alkanes) is 52. The minimum absolute atomic E-state index is 0.0211. The van der Waals surface area contributed by atoms with Crippen molar-refractivity contribution in [1.82, 2.24) is 5.32 Å². The first-order valence-electron chi connectivity index (χ1n) is 33.5. The molecule has 0 fully saturated rings. The minimum Gasteiger partial charge on any atom is -0.466 e. The Morgan fingerprint density at radius 3 is 0.932 bits per heavy atom. The summed E-state index contributed by atoms with van der Waals surface area (Å²) in [6.45, 7) is 4.94. The van der Waals surface area contributed by atoms with Gasteiger partial charge in [0.05, 0.1) is 25.4 Å². The first-order chi connectivity index (χ1) is 36.0. The van der Waals surface area contributed by atoms with E-state index in [0.29, 0.717) is 19.4 Å². The monoisotopic (exact) mass is 1030 g/mol. The summed E-state index contributed by atoms with van der Waals surface area (Å²) < 4.78 is 5.50. The summed E-state index contributed by atoms with van der Waals surface area (Å²) in [5.41, 5.74) is 0. The Kier molecular flexibility index (Phi) is 61.9. The molecule has 0 spiro atoms. The predicted octanol–water partition coefficient (Wildman–Crippen LogP) is 21.2. The molecule has 0 radical (unpaired) electrons. The molecular formula is C67H131NO5. The third-order valence-electron chi connectivity index (χ3n) is 15.8. The second kappa shape index (κ2) is 63.1. The third kappa shape index (κ3) is 59.7. The molecule has 434 valence electrons. The van der Waals surface area contributed by atoms with Crippen LogP contribution in [0.25, 0.3) is 0 Å². The van der Waals surface area contributed by atoms with Crippen molar-refractivity contribution < 1.29 is 24.5 Å². The Balaban J connectivity index is 3.34. The number of hydrogen-bond donors (Lipinski definition) is 3. The molecule has 2 atom stereocenters. The van der Waals surface area contributed by atoms with E-state index in [0.717, 1.165) is 38.5 Å². The summed E-state index contributed by atoms with van der Waals surface area (Å²) in [6.07, 6.45) is 77.0. The Hall–Kier alpha value is -1.40. The maximum absolute atomic E-state index is 12.5. The second-order valence-electron chi connectivity index (χ2n) is 23.2. The number of aliphatic hydroxyl groups excluding tert-OH is 2. The quantitative estimate of drug-likeness (QED) is 0.0320. The highest BCUT2D eigenvalue weighted by atomic mass is 16.5. The molecule has 0 saturated heterocycles. The second-order valence-corrected chi connectivity index (χ2v) is 23.2. The summed E-state index contributed by atoms with van der Waals surface area (Å²) in [7, 11) is 0. The summed E-state index contributed by atoms with van der Waals surface area (Å²) in [4.78, 5) is 24.6. The maximum atomic E-state index is 12.5. The van der Waals surface area contributed by atoms with Gasteiger partial charge in [-0.25, -0.2) is 0 Å². The highest BCUT2D eigenvalue weighted by Gasteiger charge is 2.18. The molecule has 6 heteroatoms. The predicted molar refractivity (Wildman–Crippen MR) is 320 cm³/mol. The molecular weight excluding hydrogens is 899 g/mol. The topological polar surface area (TPSA) is 95.9 Å². The number of esters is 1. The first kappa shape index (κ1) is 71.6. The zero-order valence-corrected chi connectivity index (χ0v) is 49.6. The number of rotatable bonds is 63. The van der Waals surface area contributed by atoms with E-state index in [9.17, 15) is 19.8 Å². The number of aliphatic hydroxyl groups is 2. The fourth-order valence-corrected chi connectivity index (χ4v) is 10.7. The van der Waals surface area contributed by atoms with Crippen LogP contribution in [0.4, 0.5) is 0 Å². The number of allylic oxidation sites excluding steroid dienone is 1. The van der Waals surface area contributed by atoms with E-state index >= 15 is 0 Å². The Labute approximate surface area is 457 Å². The van der Waals surface area contributed by atoms with Crippen molar-refractivity contribution in [1.29, 1.82) is 0 Å². The molecule has 0 aromatic rings. The Morgan fingerprint density at radius 1 is 0.370 bits per heavy atom. The van der Waals surface area contributed by atoms with Crippen molar-refractivity contribution >= 4 is 11.9 Å². The average molecular weight is 1030 g/mol. The van der Waals surface area contributed by atoms with Gasteiger partial charge in [0, 0.05) is 12.8 Å². The third-order valence-corrected chi connectivity index (χ3v) is 15.8. The fraction of sp³-hybridized carbons (Fsp3) is 0.940. The molecule has 0 bridgehead atoms. The van der Waals surface area contributed by atoms with Gasteiger partial charge in [-0.2, -0.15) is 0 Å². The van der Waals surface area contributed by atoms with Crippen LogP contribution in [0, 0.1) is 0 Å². The van der Waals surface area contributed by atoms with E-state index in [1.807, 2.05) is 6.08 Å². The van der Waals surface area contributed by atoms with Gasteiger partial charge in [0.1, 0.15) is 0 Å². The van der Waals surface area contributed by atoms with E-state index in [4.69, 9.17) is 4.74 Å². The molecule has 0 aromatic heterocycles. The zero-order chi connectivity index (χ0) is 52.9. The summed E-state index contributed by atoms with van der Waals surface area (Å²) >= 11 is 0. The van der Waals surface area contributed by atoms with E-state index < -0.39 is 12.1 Å². The Bertz CT molecular complexity index is 1100. The van der Waals surface area contributed by atoms with Gasteiger partial charge < -0.3 is 20.3 Å². The molecule has 0 aromatic carbocycles. The molecule has 6 nitrogen and oxygen atoms in total. The number of carbonyl (C=O) groups excluding carboxylic acids is 2. The first-order valence-corrected chi connectivity index (χ1v) is 33.5. The molecule has 0 rings (SSSR count). The summed E-state index contributed by atoms with van der Waals surface area (Å²) in [6, 6.07) is -0.625. The molecule has 73 heavy (non-hydrogen) atoms. The van der Waals surface area contributed by atoms with Crippen LogP contribution in [0.2, 0.25) is 0 Å². The smallest absolute Gasteiger partial charge is 0.305 e. The number of carbonyl (C=O) groups is 2. The highest BCUT2D eigenvalue weighted by molar-refractivity contribution is 5.76. The summed E-state index contributed by atoms with van der Waals surface area (Å²) in [5, 5.41) is 23.1. The lowest BCUT2D eigenvalue weighted by molar-refractivity contribution is -0.143. The Morgan fingerprint density at radius 2 is 0.630 bits per heavy atom. The van der Waals surface area contributed by atoms with Gasteiger partial charge in [-0.05, 0) is 32.1 Å². The molecule has 0 heterocycles. The maximum Gasteiger partial charge on any atom is 0.305 e. The molecule has 1 amide bonds. The molecule has 2 unspecified atom stereocenters. The molecule has 0 aliphatic carbocycles. The van der Waals surface area contributed by atoms with Gasteiger partial charge in [0.25, 0.3) is 0 Å². The molecule has 0 aliphatic rings. The van der Waals surface area contributed by atoms with Crippen molar-refractivity contribution in [2.45, 2.75) is 392 Å². The van der Waals surface area contributed by atoms with Crippen molar-refractivity contribution in [3.05, 3.63) is 12.2 Å². The van der Waals surface area contributed by atoms with Crippen LogP contribution in [0.1, 0.15) is 380 Å². The van der Waals surface area contributed by atoms with E-state index in [-0.39, 0.29) is 18.5 Å². The van der Waals surface area contributed by atoms with Crippen LogP contribution in [0.5, 0.6) is 0 Å². The van der Waals surface area contributed by atoms with Crippen LogP contribution in [-0.2, 0) is 14.3 Å². The number of nitrogens with one attached hydrogen (secondary N) is 1. The number of ether oxygens (including phenoxy) is 1. The van der Waals surface area contributed by atoms with E-state index in [1.54, 1.807) is 6.08 Å². The normalized spacial score (nSPS) is 12.5.